The summed E-state index contributed by atoms with van der Waals surface area (Å²) >= 11 is 1.50. The van der Waals surface area contributed by atoms with Gasteiger partial charge in [0.15, 0.2) is 0 Å². The Labute approximate surface area is 116 Å². The highest BCUT2D eigenvalue weighted by Gasteiger charge is 2.04. The van der Waals surface area contributed by atoms with Crippen molar-refractivity contribution >= 4 is 29.0 Å². The number of carbonyl (C=O) groups is 1. The molecule has 0 saturated heterocycles. The van der Waals surface area contributed by atoms with Crippen molar-refractivity contribution < 1.29 is 4.79 Å². The fourth-order valence-electron chi connectivity index (χ4n) is 1.59. The molecule has 2 aromatic rings. The lowest BCUT2D eigenvalue weighted by Gasteiger charge is -2.06. The van der Waals surface area contributed by atoms with Crippen molar-refractivity contribution in [2.75, 3.05) is 11.1 Å². The molecule has 0 spiro atoms. The summed E-state index contributed by atoms with van der Waals surface area (Å²) < 4.78 is 0. The molecular weight excluding hydrogens is 258 g/mol. The molecule has 1 aromatic heterocycles. The Morgan fingerprint density at radius 1 is 1.32 bits per heavy atom. The lowest BCUT2D eigenvalue weighted by atomic mass is 10.3. The van der Waals surface area contributed by atoms with Gasteiger partial charge in [-0.2, -0.15) is 0 Å². The molecule has 1 amide bonds. The number of amides is 1. The molecule has 0 saturated carbocycles. The Morgan fingerprint density at radius 2 is 2.00 bits per heavy atom. The second kappa shape index (κ2) is 5.75. The standard InChI is InChI=1S/C14H15N3OS/c1-9-7-13(15)14(16-8-9)19-12-5-3-11(4-6-12)17-10(2)18/h3-8H,15H2,1-2H3,(H,17,18). The van der Waals surface area contributed by atoms with E-state index in [1.54, 1.807) is 6.20 Å². The maximum absolute atomic E-state index is 10.9. The second-order valence-corrected chi connectivity index (χ2v) is 5.28. The van der Waals surface area contributed by atoms with Crippen LogP contribution in [-0.2, 0) is 4.79 Å². The van der Waals surface area contributed by atoms with Crippen molar-refractivity contribution in [2.45, 2.75) is 23.8 Å². The van der Waals surface area contributed by atoms with Crippen LogP contribution in [0.5, 0.6) is 0 Å². The van der Waals surface area contributed by atoms with Gasteiger partial charge in [0.1, 0.15) is 5.03 Å². The molecule has 98 valence electrons. The van der Waals surface area contributed by atoms with Crippen LogP contribution in [0, 0.1) is 6.92 Å². The van der Waals surface area contributed by atoms with E-state index in [0.717, 1.165) is 21.2 Å². The van der Waals surface area contributed by atoms with Crippen molar-refractivity contribution in [1.82, 2.24) is 4.98 Å². The number of aromatic nitrogens is 1. The van der Waals surface area contributed by atoms with E-state index >= 15 is 0 Å². The number of nitrogens with one attached hydrogen (secondary N) is 1. The Kier molecular flexibility index (Phi) is 4.06. The lowest BCUT2D eigenvalue weighted by molar-refractivity contribution is -0.114. The van der Waals surface area contributed by atoms with Gasteiger partial charge in [-0.25, -0.2) is 4.98 Å². The number of hydrogen-bond donors (Lipinski definition) is 2. The van der Waals surface area contributed by atoms with E-state index < -0.39 is 0 Å². The first-order chi connectivity index (χ1) is 9.04. The second-order valence-electron chi connectivity index (χ2n) is 4.21. The maximum Gasteiger partial charge on any atom is 0.221 e. The smallest absolute Gasteiger partial charge is 0.221 e. The van der Waals surface area contributed by atoms with Crippen molar-refractivity contribution in [3.63, 3.8) is 0 Å². The molecule has 0 atom stereocenters. The number of anilines is 2. The molecule has 19 heavy (non-hydrogen) atoms. The van der Waals surface area contributed by atoms with Crippen LogP contribution >= 0.6 is 11.8 Å². The normalized spacial score (nSPS) is 10.2. The minimum absolute atomic E-state index is 0.0788. The minimum Gasteiger partial charge on any atom is -0.397 e. The first-order valence-corrected chi connectivity index (χ1v) is 6.64. The quantitative estimate of drug-likeness (QED) is 0.901. The molecule has 0 fully saturated rings. The minimum atomic E-state index is -0.0788. The zero-order valence-corrected chi connectivity index (χ0v) is 11.6. The summed E-state index contributed by atoms with van der Waals surface area (Å²) in [7, 11) is 0. The lowest BCUT2D eigenvalue weighted by Crippen LogP contribution is -2.05. The number of pyridine rings is 1. The highest BCUT2D eigenvalue weighted by atomic mass is 32.2. The average Bonchev–Trinajstić information content (AvgIpc) is 2.34. The van der Waals surface area contributed by atoms with E-state index in [0.29, 0.717) is 5.69 Å². The number of benzene rings is 1. The predicted molar refractivity (Wildman–Crippen MR) is 78.3 cm³/mol. The van der Waals surface area contributed by atoms with E-state index in [-0.39, 0.29) is 5.91 Å². The molecule has 0 aliphatic heterocycles. The average molecular weight is 273 g/mol. The molecule has 2 rings (SSSR count). The number of aryl methyl sites for hydroxylation is 1. The van der Waals surface area contributed by atoms with Crippen LogP contribution in [0.2, 0.25) is 0 Å². The molecular formula is C14H15N3OS. The summed E-state index contributed by atoms with van der Waals surface area (Å²) in [6.07, 6.45) is 1.80. The van der Waals surface area contributed by atoms with Gasteiger partial charge in [-0.3, -0.25) is 4.79 Å². The third-order valence-corrected chi connectivity index (χ3v) is 3.45. The zero-order chi connectivity index (χ0) is 13.8. The topological polar surface area (TPSA) is 68.0 Å². The molecule has 0 radical (unpaired) electrons. The van der Waals surface area contributed by atoms with Gasteiger partial charge in [0, 0.05) is 23.7 Å². The molecule has 0 bridgehead atoms. The van der Waals surface area contributed by atoms with Gasteiger partial charge in [0.05, 0.1) is 5.69 Å². The van der Waals surface area contributed by atoms with E-state index in [9.17, 15) is 4.79 Å². The molecule has 0 unspecified atom stereocenters. The highest BCUT2D eigenvalue weighted by Crippen LogP contribution is 2.31. The number of hydrogen-bond acceptors (Lipinski definition) is 4. The third kappa shape index (κ3) is 3.72. The summed E-state index contributed by atoms with van der Waals surface area (Å²) in [5, 5.41) is 3.52. The molecule has 1 aromatic carbocycles. The number of rotatable bonds is 3. The number of nitrogen functional groups attached to an aromatic ring is 1. The van der Waals surface area contributed by atoms with Crippen LogP contribution in [0.3, 0.4) is 0 Å². The van der Waals surface area contributed by atoms with Gasteiger partial charge in [0.25, 0.3) is 0 Å². The van der Waals surface area contributed by atoms with Gasteiger partial charge in [-0.1, -0.05) is 11.8 Å². The first kappa shape index (κ1) is 13.4. The molecule has 1 heterocycles. The summed E-state index contributed by atoms with van der Waals surface area (Å²) in [4.78, 5) is 16.3. The van der Waals surface area contributed by atoms with Crippen LogP contribution in [0.15, 0.2) is 46.5 Å². The van der Waals surface area contributed by atoms with E-state index in [4.69, 9.17) is 5.73 Å². The maximum atomic E-state index is 10.9. The van der Waals surface area contributed by atoms with Crippen molar-refractivity contribution in [1.29, 1.82) is 0 Å². The Hall–Kier alpha value is -2.01. The van der Waals surface area contributed by atoms with Gasteiger partial charge >= 0.3 is 0 Å². The number of nitrogens with two attached hydrogens (primary N) is 1. The van der Waals surface area contributed by atoms with Crippen molar-refractivity contribution in [3.8, 4) is 0 Å². The summed E-state index contributed by atoms with van der Waals surface area (Å²) in [6, 6.07) is 9.47. The van der Waals surface area contributed by atoms with E-state index in [2.05, 4.69) is 10.3 Å². The fourth-order valence-corrected chi connectivity index (χ4v) is 2.36. The summed E-state index contributed by atoms with van der Waals surface area (Å²) in [5.41, 5.74) is 8.43. The van der Waals surface area contributed by atoms with Gasteiger partial charge < -0.3 is 11.1 Å². The van der Waals surface area contributed by atoms with Crippen LogP contribution in [0.1, 0.15) is 12.5 Å². The van der Waals surface area contributed by atoms with E-state index in [1.165, 1.54) is 18.7 Å². The predicted octanol–water partition coefficient (Wildman–Crippen LogP) is 3.08. The van der Waals surface area contributed by atoms with Gasteiger partial charge in [-0.15, -0.1) is 0 Å². The molecule has 0 aliphatic carbocycles. The summed E-state index contributed by atoms with van der Waals surface area (Å²) in [6.45, 7) is 3.44. The fraction of sp³-hybridized carbons (Fsp3) is 0.143. The van der Waals surface area contributed by atoms with E-state index in [1.807, 2.05) is 37.3 Å². The number of carbonyl (C=O) groups excluding carboxylic acids is 1. The van der Waals surface area contributed by atoms with Gasteiger partial charge in [0.2, 0.25) is 5.91 Å². The SMILES string of the molecule is CC(=O)Nc1ccc(Sc2ncc(C)cc2N)cc1. The largest absolute Gasteiger partial charge is 0.397 e. The summed E-state index contributed by atoms with van der Waals surface area (Å²) in [5.74, 6) is -0.0788. The molecule has 0 aliphatic rings. The molecule has 5 heteroatoms. The van der Waals surface area contributed by atoms with Gasteiger partial charge in [-0.05, 0) is 42.8 Å². The Bertz CT molecular complexity index is 596. The Balaban J connectivity index is 2.13. The first-order valence-electron chi connectivity index (χ1n) is 5.82. The molecule has 3 N–H and O–H groups in total. The third-order valence-electron chi connectivity index (χ3n) is 2.40. The van der Waals surface area contributed by atoms with Crippen LogP contribution in [0.4, 0.5) is 11.4 Å². The monoisotopic (exact) mass is 273 g/mol. The highest BCUT2D eigenvalue weighted by molar-refractivity contribution is 7.99. The van der Waals surface area contributed by atoms with Crippen LogP contribution in [0.25, 0.3) is 0 Å². The zero-order valence-electron chi connectivity index (χ0n) is 10.8. The molecule has 4 nitrogen and oxygen atoms in total. The van der Waals surface area contributed by atoms with Crippen LogP contribution in [-0.4, -0.2) is 10.9 Å². The van der Waals surface area contributed by atoms with Crippen molar-refractivity contribution in [3.05, 3.63) is 42.1 Å². The number of nitrogens with zero attached hydrogens (tertiary/aromatic N) is 1. The van der Waals surface area contributed by atoms with Crippen molar-refractivity contribution in [2.24, 2.45) is 0 Å². The Morgan fingerprint density at radius 3 is 2.58 bits per heavy atom. The van der Waals surface area contributed by atoms with Crippen LogP contribution < -0.4 is 11.1 Å².